The van der Waals surface area contributed by atoms with Crippen LogP contribution in [0, 0.1) is 0 Å². The molecule has 0 radical (unpaired) electrons. The first kappa shape index (κ1) is 21.7. The summed E-state index contributed by atoms with van der Waals surface area (Å²) in [5.41, 5.74) is 0.820. The molecule has 0 bridgehead atoms. The Morgan fingerprint density at radius 2 is 1.79 bits per heavy atom. The number of methoxy groups -OCH3 is 1. The maximum absolute atomic E-state index is 12.7. The molecule has 0 atom stereocenters. The SMILES string of the molecule is COCCNC(=O)c1ccccc1NC(=O)c1cc(NS(C)(=O)=O)ccc1Cl. The Balaban J connectivity index is 2.24. The van der Waals surface area contributed by atoms with Crippen LogP contribution < -0.4 is 15.4 Å². The highest BCUT2D eigenvalue weighted by atomic mass is 35.5. The number of ether oxygens (including phenoxy) is 1. The number of sulfonamides is 1. The Labute approximate surface area is 168 Å². The average Bonchev–Trinajstić information content (AvgIpc) is 2.62. The van der Waals surface area contributed by atoms with Crippen molar-refractivity contribution in [1.29, 1.82) is 0 Å². The number of rotatable bonds is 8. The van der Waals surface area contributed by atoms with Crippen LogP contribution >= 0.6 is 11.6 Å². The molecular weight excluding hydrogens is 406 g/mol. The minimum Gasteiger partial charge on any atom is -0.383 e. The van der Waals surface area contributed by atoms with Gasteiger partial charge < -0.3 is 15.4 Å². The molecule has 0 aromatic heterocycles. The van der Waals surface area contributed by atoms with Crippen molar-refractivity contribution in [3.8, 4) is 0 Å². The van der Waals surface area contributed by atoms with Crippen LogP contribution in [-0.2, 0) is 14.8 Å². The minimum absolute atomic E-state index is 0.0601. The number of anilines is 2. The van der Waals surface area contributed by atoms with Crippen LogP contribution in [0.15, 0.2) is 42.5 Å². The molecule has 28 heavy (non-hydrogen) atoms. The second-order valence-corrected chi connectivity index (χ2v) is 7.97. The van der Waals surface area contributed by atoms with E-state index in [4.69, 9.17) is 16.3 Å². The van der Waals surface area contributed by atoms with E-state index in [1.54, 1.807) is 24.3 Å². The fourth-order valence-corrected chi connectivity index (χ4v) is 3.08. The summed E-state index contributed by atoms with van der Waals surface area (Å²) in [6, 6.07) is 10.7. The van der Waals surface area contributed by atoms with Gasteiger partial charge in [-0.3, -0.25) is 14.3 Å². The van der Waals surface area contributed by atoms with Crippen molar-refractivity contribution < 1.29 is 22.7 Å². The van der Waals surface area contributed by atoms with Crippen molar-refractivity contribution in [3.63, 3.8) is 0 Å². The zero-order valence-electron chi connectivity index (χ0n) is 15.3. The van der Waals surface area contributed by atoms with Crippen molar-refractivity contribution in [2.75, 3.05) is 36.6 Å². The third-order valence-corrected chi connectivity index (χ3v) is 4.46. The van der Waals surface area contributed by atoms with E-state index in [1.165, 1.54) is 25.3 Å². The monoisotopic (exact) mass is 425 g/mol. The van der Waals surface area contributed by atoms with E-state index in [2.05, 4.69) is 15.4 Å². The van der Waals surface area contributed by atoms with Crippen LogP contribution in [0.4, 0.5) is 11.4 Å². The van der Waals surface area contributed by atoms with Gasteiger partial charge in [-0.25, -0.2) is 8.42 Å². The summed E-state index contributed by atoms with van der Waals surface area (Å²) >= 11 is 6.08. The lowest BCUT2D eigenvalue weighted by Crippen LogP contribution is -2.28. The second-order valence-electron chi connectivity index (χ2n) is 5.82. The van der Waals surface area contributed by atoms with E-state index >= 15 is 0 Å². The lowest BCUT2D eigenvalue weighted by atomic mass is 10.1. The summed E-state index contributed by atoms with van der Waals surface area (Å²) in [6.45, 7) is 0.679. The molecule has 0 aliphatic rings. The van der Waals surface area contributed by atoms with Crippen molar-refractivity contribution in [2.45, 2.75) is 0 Å². The van der Waals surface area contributed by atoms with E-state index in [-0.39, 0.29) is 27.7 Å². The quantitative estimate of drug-likeness (QED) is 0.562. The first-order valence-corrected chi connectivity index (χ1v) is 10.4. The molecule has 0 heterocycles. The largest absolute Gasteiger partial charge is 0.383 e. The molecule has 2 aromatic rings. The first-order valence-electron chi connectivity index (χ1n) is 8.16. The Kier molecular flexibility index (Phi) is 7.38. The number of carbonyl (C=O) groups excluding carboxylic acids is 2. The highest BCUT2D eigenvalue weighted by Crippen LogP contribution is 2.23. The second kappa shape index (κ2) is 9.54. The van der Waals surface area contributed by atoms with Gasteiger partial charge >= 0.3 is 0 Å². The number of carbonyl (C=O) groups is 2. The number of para-hydroxylation sites is 1. The van der Waals surface area contributed by atoms with Gasteiger partial charge in [0.15, 0.2) is 0 Å². The summed E-state index contributed by atoms with van der Waals surface area (Å²) in [5.74, 6) is -0.953. The molecule has 0 saturated heterocycles. The predicted molar refractivity (Wildman–Crippen MR) is 109 cm³/mol. The van der Waals surface area contributed by atoms with Crippen molar-refractivity contribution in [1.82, 2.24) is 5.32 Å². The molecule has 2 rings (SSSR count). The maximum atomic E-state index is 12.7. The Morgan fingerprint density at radius 3 is 2.46 bits per heavy atom. The van der Waals surface area contributed by atoms with E-state index in [0.29, 0.717) is 18.8 Å². The molecule has 8 nitrogen and oxygen atoms in total. The average molecular weight is 426 g/mol. The summed E-state index contributed by atoms with van der Waals surface area (Å²) in [4.78, 5) is 25.0. The molecule has 2 amide bonds. The van der Waals surface area contributed by atoms with Gasteiger partial charge in [-0.1, -0.05) is 23.7 Å². The normalized spacial score (nSPS) is 11.0. The predicted octanol–water partition coefficient (Wildman–Crippen LogP) is 2.34. The summed E-state index contributed by atoms with van der Waals surface area (Å²) < 4.78 is 30.0. The number of hydrogen-bond donors (Lipinski definition) is 3. The van der Waals surface area contributed by atoms with E-state index in [0.717, 1.165) is 6.26 Å². The van der Waals surface area contributed by atoms with E-state index < -0.39 is 15.9 Å². The van der Waals surface area contributed by atoms with Gasteiger partial charge in [-0.05, 0) is 30.3 Å². The molecule has 2 aromatic carbocycles. The summed E-state index contributed by atoms with van der Waals surface area (Å²) in [5, 5.41) is 5.46. The highest BCUT2D eigenvalue weighted by molar-refractivity contribution is 7.92. The zero-order valence-corrected chi connectivity index (χ0v) is 16.9. The van der Waals surface area contributed by atoms with Crippen molar-refractivity contribution in [2.24, 2.45) is 0 Å². The van der Waals surface area contributed by atoms with Gasteiger partial charge in [0.1, 0.15) is 0 Å². The lowest BCUT2D eigenvalue weighted by Gasteiger charge is -2.13. The van der Waals surface area contributed by atoms with Crippen LogP contribution in [-0.4, -0.2) is 46.7 Å². The van der Waals surface area contributed by atoms with Crippen LogP contribution in [0.25, 0.3) is 0 Å². The molecule has 3 N–H and O–H groups in total. The molecule has 0 spiro atoms. The molecule has 0 unspecified atom stereocenters. The van der Waals surface area contributed by atoms with Crippen LogP contribution in [0.2, 0.25) is 5.02 Å². The van der Waals surface area contributed by atoms with Gasteiger partial charge in [-0.15, -0.1) is 0 Å². The van der Waals surface area contributed by atoms with Crippen LogP contribution in [0.5, 0.6) is 0 Å². The van der Waals surface area contributed by atoms with Gasteiger partial charge in [-0.2, -0.15) is 0 Å². The molecule has 0 aliphatic carbocycles. The first-order chi connectivity index (χ1) is 13.2. The number of amides is 2. The van der Waals surface area contributed by atoms with Gasteiger partial charge in [0.2, 0.25) is 10.0 Å². The van der Waals surface area contributed by atoms with E-state index in [1.807, 2.05) is 0 Å². The van der Waals surface area contributed by atoms with Gasteiger partial charge in [0.25, 0.3) is 11.8 Å². The third kappa shape index (κ3) is 6.22. The Morgan fingerprint density at radius 1 is 1.07 bits per heavy atom. The molecule has 0 fully saturated rings. The minimum atomic E-state index is -3.51. The Bertz CT molecular complexity index is 979. The highest BCUT2D eigenvalue weighted by Gasteiger charge is 2.17. The van der Waals surface area contributed by atoms with Crippen LogP contribution in [0.3, 0.4) is 0 Å². The molecule has 10 heteroatoms. The topological polar surface area (TPSA) is 114 Å². The summed E-state index contributed by atoms with van der Waals surface area (Å²) in [6.07, 6.45) is 1.000. The molecular formula is C18H20ClN3O5S. The standard InChI is InChI=1S/C18H20ClN3O5S/c1-27-10-9-20-17(23)13-5-3-4-6-16(13)21-18(24)14-11-12(7-8-15(14)19)22-28(2,25)26/h3-8,11,22H,9-10H2,1-2H3,(H,20,23)(H,21,24). The summed E-state index contributed by atoms with van der Waals surface area (Å²) in [7, 11) is -1.98. The lowest BCUT2D eigenvalue weighted by molar-refractivity contribution is 0.0938. The van der Waals surface area contributed by atoms with E-state index in [9.17, 15) is 18.0 Å². The Hall–Kier alpha value is -2.62. The van der Waals surface area contributed by atoms with Crippen molar-refractivity contribution >= 4 is 44.8 Å². The van der Waals surface area contributed by atoms with Crippen LogP contribution in [0.1, 0.15) is 20.7 Å². The maximum Gasteiger partial charge on any atom is 0.257 e. The molecule has 0 aliphatic heterocycles. The van der Waals surface area contributed by atoms with Gasteiger partial charge in [0, 0.05) is 19.3 Å². The molecule has 150 valence electrons. The number of nitrogens with one attached hydrogen (secondary N) is 3. The fourth-order valence-electron chi connectivity index (χ4n) is 2.32. The smallest absolute Gasteiger partial charge is 0.257 e. The fraction of sp³-hybridized carbons (Fsp3) is 0.222. The number of halogens is 1. The zero-order chi connectivity index (χ0) is 20.7. The number of benzene rings is 2. The van der Waals surface area contributed by atoms with Crippen molar-refractivity contribution in [3.05, 3.63) is 58.6 Å². The third-order valence-electron chi connectivity index (χ3n) is 3.53. The van der Waals surface area contributed by atoms with Gasteiger partial charge in [0.05, 0.1) is 34.7 Å². The number of hydrogen-bond acceptors (Lipinski definition) is 5. The molecule has 0 saturated carbocycles.